The number of nitrogens with zero attached hydrogens (tertiary/aromatic N) is 1. The lowest BCUT2D eigenvalue weighted by atomic mass is 10.0. The second-order valence-corrected chi connectivity index (χ2v) is 5.68. The molecule has 1 aromatic carbocycles. The Labute approximate surface area is 120 Å². The largest absolute Gasteiger partial charge is 0.307 e. The monoisotopic (exact) mass is 282 g/mol. The lowest BCUT2D eigenvalue weighted by molar-refractivity contribution is 0.192. The first kappa shape index (κ1) is 15.4. The van der Waals surface area contributed by atoms with Gasteiger partial charge in [-0.1, -0.05) is 13.0 Å². The molecule has 1 atom stereocenters. The minimum atomic E-state index is -0.783. The Morgan fingerprint density at radius 2 is 1.95 bits per heavy atom. The second-order valence-electron chi connectivity index (χ2n) is 5.68. The molecule has 4 heteroatoms. The fourth-order valence-electron chi connectivity index (χ4n) is 2.87. The van der Waals surface area contributed by atoms with Crippen molar-refractivity contribution in [3.8, 4) is 0 Å². The average Bonchev–Trinajstić information content (AvgIpc) is 2.44. The molecule has 2 nitrogen and oxygen atoms in total. The number of hydrogen-bond donors (Lipinski definition) is 1. The van der Waals surface area contributed by atoms with Crippen molar-refractivity contribution >= 4 is 0 Å². The predicted molar refractivity (Wildman–Crippen MR) is 77.7 cm³/mol. The number of likely N-dealkylation sites (tertiary alicyclic amines) is 1. The van der Waals surface area contributed by atoms with E-state index in [1.54, 1.807) is 6.07 Å². The van der Waals surface area contributed by atoms with Crippen LogP contribution in [-0.4, -0.2) is 30.6 Å². The van der Waals surface area contributed by atoms with Gasteiger partial charge in [0.15, 0.2) is 11.6 Å². The van der Waals surface area contributed by atoms with E-state index < -0.39 is 11.6 Å². The molecule has 0 spiro atoms. The van der Waals surface area contributed by atoms with E-state index in [1.165, 1.54) is 25.1 Å². The molecule has 20 heavy (non-hydrogen) atoms. The number of benzene rings is 1. The zero-order chi connectivity index (χ0) is 14.5. The van der Waals surface area contributed by atoms with Crippen molar-refractivity contribution in [2.24, 2.45) is 0 Å². The van der Waals surface area contributed by atoms with Crippen molar-refractivity contribution in [2.75, 3.05) is 19.6 Å². The van der Waals surface area contributed by atoms with Crippen LogP contribution in [0.1, 0.15) is 44.7 Å². The molecule has 1 N–H and O–H groups in total. The summed E-state index contributed by atoms with van der Waals surface area (Å²) in [4.78, 5) is 2.49. The Kier molecular flexibility index (Phi) is 5.49. The molecule has 1 aliphatic heterocycles. The van der Waals surface area contributed by atoms with Crippen molar-refractivity contribution < 1.29 is 8.78 Å². The second kappa shape index (κ2) is 7.14. The molecule has 0 aromatic heterocycles. The lowest BCUT2D eigenvalue weighted by Crippen LogP contribution is -2.43. The fraction of sp³-hybridized carbons (Fsp3) is 0.625. The quantitative estimate of drug-likeness (QED) is 0.889. The van der Waals surface area contributed by atoms with Gasteiger partial charge in [0.1, 0.15) is 0 Å². The standard InChI is InChI=1S/C16H24F2N2/c1-3-8-20-9-6-14(7-10-20)19-12(2)13-4-5-15(17)16(18)11-13/h4-5,11-12,14,19H,3,6-10H2,1-2H3. The average molecular weight is 282 g/mol. The summed E-state index contributed by atoms with van der Waals surface area (Å²) in [6.07, 6.45) is 3.44. The third-order valence-electron chi connectivity index (χ3n) is 4.06. The molecule has 1 saturated heterocycles. The highest BCUT2D eigenvalue weighted by atomic mass is 19.2. The van der Waals surface area contributed by atoms with Crippen molar-refractivity contribution in [2.45, 2.75) is 45.2 Å². The number of piperidine rings is 1. The Hall–Kier alpha value is -1.00. The molecule has 1 heterocycles. The van der Waals surface area contributed by atoms with Crippen LogP contribution in [-0.2, 0) is 0 Å². The number of nitrogens with one attached hydrogen (secondary N) is 1. The van der Waals surface area contributed by atoms with E-state index in [-0.39, 0.29) is 6.04 Å². The van der Waals surface area contributed by atoms with Crippen LogP contribution in [0.2, 0.25) is 0 Å². The van der Waals surface area contributed by atoms with Gasteiger partial charge in [0.25, 0.3) is 0 Å². The molecular weight excluding hydrogens is 258 g/mol. The van der Waals surface area contributed by atoms with Crippen molar-refractivity contribution in [1.29, 1.82) is 0 Å². The molecule has 0 amide bonds. The van der Waals surface area contributed by atoms with Crippen LogP contribution in [0.4, 0.5) is 8.78 Å². The first-order valence-corrected chi connectivity index (χ1v) is 7.53. The van der Waals surface area contributed by atoms with Gasteiger partial charge in [-0.25, -0.2) is 8.78 Å². The molecule has 0 bridgehead atoms. The first-order chi connectivity index (χ1) is 9.60. The molecule has 0 radical (unpaired) electrons. The molecule has 1 aromatic rings. The predicted octanol–water partition coefficient (Wildman–Crippen LogP) is 3.49. The van der Waals surface area contributed by atoms with Gasteiger partial charge in [0.05, 0.1) is 0 Å². The van der Waals surface area contributed by atoms with Gasteiger partial charge in [-0.3, -0.25) is 0 Å². The van der Waals surface area contributed by atoms with Gasteiger partial charge in [0, 0.05) is 12.1 Å². The van der Waals surface area contributed by atoms with Crippen LogP contribution in [0.15, 0.2) is 18.2 Å². The highest BCUT2D eigenvalue weighted by Crippen LogP contribution is 2.19. The normalized spacial score (nSPS) is 19.2. The van der Waals surface area contributed by atoms with Gasteiger partial charge in [-0.2, -0.15) is 0 Å². The summed E-state index contributed by atoms with van der Waals surface area (Å²) in [6.45, 7) is 7.62. The van der Waals surface area contributed by atoms with Crippen molar-refractivity contribution in [3.05, 3.63) is 35.4 Å². The lowest BCUT2D eigenvalue weighted by Gasteiger charge is -2.33. The Bertz CT molecular complexity index is 428. The van der Waals surface area contributed by atoms with E-state index in [0.29, 0.717) is 6.04 Å². The number of halogens is 2. The topological polar surface area (TPSA) is 15.3 Å². The van der Waals surface area contributed by atoms with E-state index >= 15 is 0 Å². The summed E-state index contributed by atoms with van der Waals surface area (Å²) in [5.74, 6) is -1.55. The van der Waals surface area contributed by atoms with Gasteiger partial charge in [-0.15, -0.1) is 0 Å². The van der Waals surface area contributed by atoms with E-state index in [4.69, 9.17) is 0 Å². The molecule has 112 valence electrons. The zero-order valence-corrected chi connectivity index (χ0v) is 12.3. The molecule has 2 rings (SSSR count). The summed E-state index contributed by atoms with van der Waals surface area (Å²) in [5.41, 5.74) is 0.805. The summed E-state index contributed by atoms with van der Waals surface area (Å²) < 4.78 is 26.2. The smallest absolute Gasteiger partial charge is 0.159 e. The minimum Gasteiger partial charge on any atom is -0.307 e. The van der Waals surface area contributed by atoms with E-state index in [2.05, 4.69) is 17.1 Å². The summed E-state index contributed by atoms with van der Waals surface area (Å²) in [7, 11) is 0. The Balaban J connectivity index is 1.85. The Morgan fingerprint density at radius 3 is 2.55 bits per heavy atom. The van der Waals surface area contributed by atoms with Gasteiger partial charge in [0.2, 0.25) is 0 Å². The highest BCUT2D eigenvalue weighted by molar-refractivity contribution is 5.20. The first-order valence-electron chi connectivity index (χ1n) is 7.53. The summed E-state index contributed by atoms with van der Waals surface area (Å²) >= 11 is 0. The zero-order valence-electron chi connectivity index (χ0n) is 12.3. The molecular formula is C16H24F2N2. The highest BCUT2D eigenvalue weighted by Gasteiger charge is 2.20. The van der Waals surface area contributed by atoms with Crippen LogP contribution >= 0.6 is 0 Å². The fourth-order valence-corrected chi connectivity index (χ4v) is 2.87. The van der Waals surface area contributed by atoms with Crippen molar-refractivity contribution in [1.82, 2.24) is 10.2 Å². The van der Waals surface area contributed by atoms with Gasteiger partial charge >= 0.3 is 0 Å². The number of rotatable bonds is 5. The molecule has 1 aliphatic rings. The van der Waals surface area contributed by atoms with E-state index in [9.17, 15) is 8.78 Å². The van der Waals surface area contributed by atoms with Crippen LogP contribution in [0, 0.1) is 11.6 Å². The minimum absolute atomic E-state index is 0.0489. The molecule has 1 unspecified atom stereocenters. The third kappa shape index (κ3) is 4.00. The number of hydrogen-bond acceptors (Lipinski definition) is 2. The maximum Gasteiger partial charge on any atom is 0.159 e. The van der Waals surface area contributed by atoms with E-state index in [1.807, 2.05) is 6.92 Å². The SMILES string of the molecule is CCCN1CCC(NC(C)c2ccc(F)c(F)c2)CC1. The van der Waals surface area contributed by atoms with Gasteiger partial charge < -0.3 is 10.2 Å². The van der Waals surface area contributed by atoms with Crippen molar-refractivity contribution in [3.63, 3.8) is 0 Å². The maximum absolute atomic E-state index is 13.2. The van der Waals surface area contributed by atoms with Crippen LogP contribution in [0.3, 0.4) is 0 Å². The summed E-state index contributed by atoms with van der Waals surface area (Å²) in [6, 6.07) is 4.66. The molecule has 0 aliphatic carbocycles. The van der Waals surface area contributed by atoms with Crippen LogP contribution < -0.4 is 5.32 Å². The van der Waals surface area contributed by atoms with Gasteiger partial charge in [-0.05, 0) is 63.5 Å². The van der Waals surface area contributed by atoms with Crippen LogP contribution in [0.25, 0.3) is 0 Å². The molecule has 1 fully saturated rings. The van der Waals surface area contributed by atoms with Crippen LogP contribution in [0.5, 0.6) is 0 Å². The molecule has 0 saturated carbocycles. The maximum atomic E-state index is 13.2. The third-order valence-corrected chi connectivity index (χ3v) is 4.06. The Morgan fingerprint density at radius 1 is 1.25 bits per heavy atom. The summed E-state index contributed by atoms with van der Waals surface area (Å²) in [5, 5.41) is 3.53. The van der Waals surface area contributed by atoms with E-state index in [0.717, 1.165) is 31.5 Å².